The quantitative estimate of drug-likeness (QED) is 0.643. The van der Waals surface area contributed by atoms with Crippen molar-refractivity contribution < 1.29 is 23.4 Å². The van der Waals surface area contributed by atoms with Gasteiger partial charge in [-0.05, 0) is 36.2 Å². The van der Waals surface area contributed by atoms with Gasteiger partial charge >= 0.3 is 6.09 Å². The highest BCUT2D eigenvalue weighted by atomic mass is 32.1. The van der Waals surface area contributed by atoms with Crippen LogP contribution in [0.4, 0.5) is 14.9 Å². The lowest BCUT2D eigenvalue weighted by Crippen LogP contribution is -2.36. The molecule has 1 fully saturated rings. The van der Waals surface area contributed by atoms with Gasteiger partial charge in [0.05, 0.1) is 30.7 Å². The van der Waals surface area contributed by atoms with Crippen LogP contribution >= 0.6 is 11.3 Å². The summed E-state index contributed by atoms with van der Waals surface area (Å²) in [5, 5.41) is 2.92. The lowest BCUT2D eigenvalue weighted by molar-refractivity contribution is 0.123. The van der Waals surface area contributed by atoms with Crippen molar-refractivity contribution in [3.8, 4) is 10.9 Å². The van der Waals surface area contributed by atoms with Crippen LogP contribution in [0.15, 0.2) is 36.4 Å². The molecule has 3 aromatic rings. The molecule has 0 unspecified atom stereocenters. The minimum absolute atomic E-state index is 0.243. The second kappa shape index (κ2) is 9.27. The van der Waals surface area contributed by atoms with Crippen LogP contribution in [-0.4, -0.2) is 51.0 Å². The van der Waals surface area contributed by atoms with E-state index < -0.39 is 6.09 Å². The molecular weight excluding hydrogens is 409 g/mol. The first-order chi connectivity index (χ1) is 14.6. The first-order valence-electron chi connectivity index (χ1n) is 9.64. The second-order valence-corrected chi connectivity index (χ2v) is 7.70. The predicted molar refractivity (Wildman–Crippen MR) is 113 cm³/mol. The van der Waals surface area contributed by atoms with Crippen LogP contribution in [0.5, 0.6) is 10.9 Å². The van der Waals surface area contributed by atoms with E-state index in [0.29, 0.717) is 37.4 Å². The number of benzene rings is 2. The average Bonchev–Trinajstić information content (AvgIpc) is 3.17. The Morgan fingerprint density at radius 2 is 2.13 bits per heavy atom. The second-order valence-electron chi connectivity index (χ2n) is 6.74. The fourth-order valence-corrected chi connectivity index (χ4v) is 4.30. The number of morpholine rings is 1. The number of hydrogen-bond donors (Lipinski definition) is 1. The van der Waals surface area contributed by atoms with E-state index in [1.165, 1.54) is 23.5 Å². The SMILES string of the molecule is COc1ccc(N2CCOCC2)c2sc(OC(=O)NCCc3cccc(F)c3)nc12. The molecule has 1 aliphatic heterocycles. The molecule has 1 amide bonds. The third kappa shape index (κ3) is 4.63. The van der Waals surface area contributed by atoms with Crippen molar-refractivity contribution in [2.75, 3.05) is 44.9 Å². The van der Waals surface area contributed by atoms with E-state index in [-0.39, 0.29) is 11.0 Å². The van der Waals surface area contributed by atoms with Gasteiger partial charge in [0.25, 0.3) is 5.19 Å². The van der Waals surface area contributed by atoms with E-state index in [0.717, 1.165) is 29.0 Å². The van der Waals surface area contributed by atoms with Gasteiger partial charge in [-0.3, -0.25) is 0 Å². The summed E-state index contributed by atoms with van der Waals surface area (Å²) in [4.78, 5) is 18.9. The summed E-state index contributed by atoms with van der Waals surface area (Å²) < 4.78 is 30.4. The molecule has 7 nitrogen and oxygen atoms in total. The standard InChI is InChI=1S/C21H22FN3O4S/c1-27-17-6-5-16(25-9-11-28-12-10-25)19-18(17)24-21(30-19)29-20(26)23-8-7-14-3-2-4-15(22)13-14/h2-6,13H,7-12H2,1H3,(H,23,26). The maximum Gasteiger partial charge on any atom is 0.414 e. The van der Waals surface area contributed by atoms with E-state index in [9.17, 15) is 9.18 Å². The highest BCUT2D eigenvalue weighted by Gasteiger charge is 2.20. The van der Waals surface area contributed by atoms with Gasteiger partial charge in [0.2, 0.25) is 0 Å². The van der Waals surface area contributed by atoms with E-state index in [1.807, 2.05) is 18.2 Å². The van der Waals surface area contributed by atoms with Crippen LogP contribution in [0.1, 0.15) is 5.56 Å². The number of ether oxygens (including phenoxy) is 3. The van der Waals surface area contributed by atoms with E-state index in [1.54, 1.807) is 13.2 Å². The normalized spacial score (nSPS) is 14.0. The maximum absolute atomic E-state index is 13.2. The van der Waals surface area contributed by atoms with Gasteiger partial charge in [0, 0.05) is 19.6 Å². The van der Waals surface area contributed by atoms with E-state index in [4.69, 9.17) is 14.2 Å². The van der Waals surface area contributed by atoms with E-state index in [2.05, 4.69) is 15.2 Å². The van der Waals surface area contributed by atoms with Crippen molar-refractivity contribution in [2.45, 2.75) is 6.42 Å². The highest BCUT2D eigenvalue weighted by Crippen LogP contribution is 2.40. The molecule has 1 aromatic heterocycles. The molecule has 1 aliphatic rings. The fourth-order valence-electron chi connectivity index (χ4n) is 3.33. The zero-order valence-corrected chi connectivity index (χ0v) is 17.3. The Bertz CT molecular complexity index is 1040. The van der Waals surface area contributed by atoms with Crippen LogP contribution in [-0.2, 0) is 11.2 Å². The van der Waals surface area contributed by atoms with Gasteiger partial charge in [0.15, 0.2) is 0 Å². The summed E-state index contributed by atoms with van der Waals surface area (Å²) in [5.41, 5.74) is 2.48. The molecule has 0 bridgehead atoms. The van der Waals surface area contributed by atoms with Crippen LogP contribution in [0.2, 0.25) is 0 Å². The van der Waals surface area contributed by atoms with Crippen LogP contribution in [0, 0.1) is 5.82 Å². The largest absolute Gasteiger partial charge is 0.494 e. The number of fused-ring (bicyclic) bond motifs is 1. The molecule has 2 aromatic carbocycles. The molecule has 4 rings (SSSR count). The molecule has 30 heavy (non-hydrogen) atoms. The summed E-state index contributed by atoms with van der Waals surface area (Å²) in [5.74, 6) is 0.328. The molecule has 0 atom stereocenters. The summed E-state index contributed by atoms with van der Waals surface area (Å²) in [7, 11) is 1.59. The van der Waals surface area contributed by atoms with Gasteiger partial charge < -0.3 is 24.4 Å². The monoisotopic (exact) mass is 431 g/mol. The smallest absolute Gasteiger partial charge is 0.414 e. The molecule has 0 saturated carbocycles. The van der Waals surface area contributed by atoms with Gasteiger partial charge in [-0.1, -0.05) is 23.5 Å². The fraction of sp³-hybridized carbons (Fsp3) is 0.333. The van der Waals surface area contributed by atoms with Crippen molar-refractivity contribution in [2.24, 2.45) is 0 Å². The number of anilines is 1. The molecule has 1 saturated heterocycles. The number of rotatable bonds is 6. The molecule has 158 valence electrons. The minimum atomic E-state index is -0.600. The third-order valence-electron chi connectivity index (χ3n) is 4.79. The molecule has 9 heteroatoms. The van der Waals surface area contributed by atoms with Crippen molar-refractivity contribution in [1.82, 2.24) is 10.3 Å². The Hall–Kier alpha value is -2.91. The third-order valence-corrected chi connectivity index (χ3v) is 5.75. The first kappa shape index (κ1) is 20.4. The average molecular weight is 431 g/mol. The number of carbonyl (C=O) groups excluding carboxylic acids is 1. The number of carbonyl (C=O) groups is 1. The van der Waals surface area contributed by atoms with Crippen LogP contribution in [0.3, 0.4) is 0 Å². The number of amides is 1. The summed E-state index contributed by atoms with van der Waals surface area (Å²) >= 11 is 1.30. The van der Waals surface area contributed by atoms with Crippen LogP contribution < -0.4 is 19.7 Å². The number of aromatic nitrogens is 1. The van der Waals surface area contributed by atoms with Crippen LogP contribution in [0.25, 0.3) is 10.2 Å². The summed E-state index contributed by atoms with van der Waals surface area (Å²) in [6, 6.07) is 10.1. The molecule has 0 aliphatic carbocycles. The number of halogens is 1. The highest BCUT2D eigenvalue weighted by molar-refractivity contribution is 7.21. The number of hydrogen-bond acceptors (Lipinski definition) is 7. The summed E-state index contributed by atoms with van der Waals surface area (Å²) in [6.45, 7) is 3.24. The number of nitrogens with zero attached hydrogens (tertiary/aromatic N) is 2. The molecule has 0 radical (unpaired) electrons. The van der Waals surface area contributed by atoms with Crippen molar-refractivity contribution >= 4 is 33.3 Å². The Balaban J connectivity index is 1.45. The maximum atomic E-state index is 13.2. The van der Waals surface area contributed by atoms with Gasteiger partial charge in [-0.25, -0.2) is 9.18 Å². The van der Waals surface area contributed by atoms with Crippen molar-refractivity contribution in [3.63, 3.8) is 0 Å². The summed E-state index contributed by atoms with van der Waals surface area (Å²) in [6.07, 6.45) is -0.0980. The number of methoxy groups -OCH3 is 1. The molecule has 0 spiro atoms. The number of thiazole rings is 1. The lowest BCUT2D eigenvalue weighted by atomic mass is 10.1. The van der Waals surface area contributed by atoms with Gasteiger partial charge in [0.1, 0.15) is 17.1 Å². The molecule has 1 N–H and O–H groups in total. The number of nitrogens with one attached hydrogen (secondary N) is 1. The zero-order valence-electron chi connectivity index (χ0n) is 16.5. The molecule has 2 heterocycles. The van der Waals surface area contributed by atoms with Crippen molar-refractivity contribution in [1.29, 1.82) is 0 Å². The Labute approximate surface area is 177 Å². The van der Waals surface area contributed by atoms with Gasteiger partial charge in [-0.2, -0.15) is 4.98 Å². The lowest BCUT2D eigenvalue weighted by Gasteiger charge is -2.29. The topological polar surface area (TPSA) is 72.9 Å². The predicted octanol–water partition coefficient (Wildman–Crippen LogP) is 3.61. The van der Waals surface area contributed by atoms with Gasteiger partial charge in [-0.15, -0.1) is 0 Å². The Morgan fingerprint density at radius 3 is 2.90 bits per heavy atom. The first-order valence-corrected chi connectivity index (χ1v) is 10.5. The Kier molecular flexibility index (Phi) is 6.29. The van der Waals surface area contributed by atoms with E-state index >= 15 is 0 Å². The van der Waals surface area contributed by atoms with Crippen molar-refractivity contribution in [3.05, 3.63) is 47.8 Å². The zero-order chi connectivity index (χ0) is 20.9. The minimum Gasteiger partial charge on any atom is -0.494 e. The molecular formula is C21H22FN3O4S. The Morgan fingerprint density at radius 1 is 1.30 bits per heavy atom.